The van der Waals surface area contributed by atoms with Gasteiger partial charge in [0, 0.05) is 17.5 Å². The summed E-state index contributed by atoms with van der Waals surface area (Å²) in [7, 11) is 0. The molecule has 1 spiro atoms. The molecule has 6 nitrogen and oxygen atoms in total. The van der Waals surface area contributed by atoms with E-state index in [9.17, 15) is 14.4 Å². The first-order chi connectivity index (χ1) is 12.7. The fraction of sp³-hybridized carbons (Fsp3) is 0.571. The van der Waals surface area contributed by atoms with Crippen molar-refractivity contribution in [2.24, 2.45) is 17.8 Å². The zero-order chi connectivity index (χ0) is 19.7. The van der Waals surface area contributed by atoms with E-state index in [1.165, 1.54) is 4.90 Å². The molecular weight excluding hydrogens is 342 g/mol. The molecule has 144 valence electrons. The normalized spacial score (nSPS) is 33.0. The molecular formula is C21H28N3O3+. The Bertz CT molecular complexity index is 849. The number of fused-ring (bicyclic) bond motifs is 4. The molecule has 3 aliphatic heterocycles. The summed E-state index contributed by atoms with van der Waals surface area (Å²) in [6, 6.07) is 5.60. The average molecular weight is 370 g/mol. The number of hydrogen-bond donors (Lipinski definition) is 2. The number of quaternary nitrogens is 1. The lowest BCUT2D eigenvalue weighted by Crippen LogP contribution is -2.99. The highest BCUT2D eigenvalue weighted by molar-refractivity contribution is 6.14. The van der Waals surface area contributed by atoms with Crippen LogP contribution in [0.1, 0.15) is 45.2 Å². The van der Waals surface area contributed by atoms with E-state index in [0.29, 0.717) is 6.42 Å². The van der Waals surface area contributed by atoms with Gasteiger partial charge in [0.25, 0.3) is 5.91 Å². The number of hydrogen-bond acceptors (Lipinski definition) is 3. The van der Waals surface area contributed by atoms with E-state index in [1.807, 2.05) is 44.3 Å². The molecule has 5 atom stereocenters. The van der Waals surface area contributed by atoms with Crippen molar-refractivity contribution in [2.75, 3.05) is 5.32 Å². The average Bonchev–Trinajstić information content (AvgIpc) is 3.20. The van der Waals surface area contributed by atoms with Crippen molar-refractivity contribution in [1.82, 2.24) is 4.90 Å². The van der Waals surface area contributed by atoms with Crippen LogP contribution in [0.4, 0.5) is 5.69 Å². The van der Waals surface area contributed by atoms with Crippen molar-refractivity contribution in [1.29, 1.82) is 0 Å². The van der Waals surface area contributed by atoms with Gasteiger partial charge in [-0.25, -0.2) is 0 Å². The first-order valence-corrected chi connectivity index (χ1v) is 9.89. The molecule has 3 N–H and O–H groups in total. The van der Waals surface area contributed by atoms with Gasteiger partial charge in [-0.1, -0.05) is 32.4 Å². The van der Waals surface area contributed by atoms with Crippen molar-refractivity contribution in [3.8, 4) is 0 Å². The number of aryl methyl sites for hydroxylation is 1. The molecule has 0 unspecified atom stereocenters. The molecule has 4 rings (SSSR count). The smallest absolute Gasteiger partial charge is 0.291 e. The number of carbonyl (C=O) groups excluding carboxylic acids is 3. The monoisotopic (exact) mass is 370 g/mol. The molecule has 6 heteroatoms. The number of nitrogens with one attached hydrogen (secondary N) is 1. The highest BCUT2D eigenvalue weighted by Gasteiger charge is 2.74. The summed E-state index contributed by atoms with van der Waals surface area (Å²) in [5.74, 6) is -1.40. The second kappa shape index (κ2) is 5.89. The van der Waals surface area contributed by atoms with Crippen LogP contribution in [-0.2, 0) is 19.9 Å². The minimum atomic E-state index is -1.05. The number of benzene rings is 1. The molecule has 0 radical (unpaired) electrons. The summed E-state index contributed by atoms with van der Waals surface area (Å²) in [6.45, 7) is 9.98. The Labute approximate surface area is 159 Å². The second-order valence-electron chi connectivity index (χ2n) is 8.67. The van der Waals surface area contributed by atoms with Crippen molar-refractivity contribution in [2.45, 2.75) is 58.7 Å². The predicted molar refractivity (Wildman–Crippen MR) is 101 cm³/mol. The third-order valence-corrected chi connectivity index (χ3v) is 6.79. The molecule has 1 aromatic carbocycles. The zero-order valence-electron chi connectivity index (χ0n) is 16.6. The van der Waals surface area contributed by atoms with Crippen LogP contribution >= 0.6 is 0 Å². The van der Waals surface area contributed by atoms with E-state index in [0.717, 1.165) is 16.8 Å². The molecule has 3 amide bonds. The number of amides is 3. The summed E-state index contributed by atoms with van der Waals surface area (Å²) in [5, 5.41) is 4.98. The van der Waals surface area contributed by atoms with Crippen LogP contribution in [-0.4, -0.2) is 34.7 Å². The van der Waals surface area contributed by atoms with Crippen molar-refractivity contribution in [3.63, 3.8) is 0 Å². The predicted octanol–water partition coefficient (Wildman–Crippen LogP) is 1.14. The maximum atomic E-state index is 13.5. The third kappa shape index (κ3) is 2.19. The van der Waals surface area contributed by atoms with Crippen LogP contribution in [0, 0.1) is 24.7 Å². The van der Waals surface area contributed by atoms with E-state index < -0.39 is 17.4 Å². The molecule has 3 aliphatic rings. The number of rotatable bonds is 3. The fourth-order valence-corrected chi connectivity index (χ4v) is 5.25. The lowest BCUT2D eigenvalue weighted by molar-refractivity contribution is -0.738. The first kappa shape index (κ1) is 18.2. The maximum absolute atomic E-state index is 13.5. The molecule has 2 saturated heterocycles. The number of nitrogens with two attached hydrogens (primary N) is 1. The molecule has 0 bridgehead atoms. The highest BCUT2D eigenvalue weighted by Crippen LogP contribution is 2.50. The van der Waals surface area contributed by atoms with E-state index in [1.54, 1.807) is 0 Å². The number of carbonyl (C=O) groups is 3. The van der Waals surface area contributed by atoms with Crippen LogP contribution in [0.2, 0.25) is 0 Å². The van der Waals surface area contributed by atoms with Crippen LogP contribution in [0.3, 0.4) is 0 Å². The minimum absolute atomic E-state index is 0.0993. The van der Waals surface area contributed by atoms with Gasteiger partial charge in [-0.05, 0) is 32.4 Å². The zero-order valence-corrected chi connectivity index (χ0v) is 16.6. The van der Waals surface area contributed by atoms with E-state index >= 15 is 0 Å². The number of likely N-dealkylation sites (tertiary alicyclic amines) is 1. The van der Waals surface area contributed by atoms with Crippen LogP contribution in [0.15, 0.2) is 18.2 Å². The van der Waals surface area contributed by atoms with Crippen molar-refractivity contribution in [3.05, 3.63) is 29.3 Å². The van der Waals surface area contributed by atoms with Crippen LogP contribution in [0.25, 0.3) is 0 Å². The Hall–Kier alpha value is -2.21. The highest BCUT2D eigenvalue weighted by atomic mass is 16.2. The lowest BCUT2D eigenvalue weighted by Gasteiger charge is -2.29. The second-order valence-corrected chi connectivity index (χ2v) is 8.67. The quantitative estimate of drug-likeness (QED) is 0.783. The Morgan fingerprint density at radius 3 is 2.52 bits per heavy atom. The van der Waals surface area contributed by atoms with Gasteiger partial charge in [-0.3, -0.25) is 19.3 Å². The molecule has 27 heavy (non-hydrogen) atoms. The summed E-state index contributed by atoms with van der Waals surface area (Å²) in [5.41, 5.74) is 1.60. The van der Waals surface area contributed by atoms with Gasteiger partial charge in [0.05, 0.1) is 5.69 Å². The van der Waals surface area contributed by atoms with Crippen LogP contribution in [0.5, 0.6) is 0 Å². The lowest BCUT2D eigenvalue weighted by atomic mass is 9.75. The molecule has 3 heterocycles. The Kier molecular flexibility index (Phi) is 3.97. The maximum Gasteiger partial charge on any atom is 0.291 e. The van der Waals surface area contributed by atoms with Crippen molar-refractivity contribution < 1.29 is 19.7 Å². The van der Waals surface area contributed by atoms with Gasteiger partial charge in [0.1, 0.15) is 17.9 Å². The largest absolute Gasteiger partial charge is 0.326 e. The van der Waals surface area contributed by atoms with Crippen molar-refractivity contribution >= 4 is 23.4 Å². The summed E-state index contributed by atoms with van der Waals surface area (Å²) >= 11 is 0. The minimum Gasteiger partial charge on any atom is -0.326 e. The van der Waals surface area contributed by atoms with Gasteiger partial charge < -0.3 is 10.6 Å². The van der Waals surface area contributed by atoms with Gasteiger partial charge in [0.2, 0.25) is 17.4 Å². The Morgan fingerprint density at radius 1 is 1.19 bits per heavy atom. The summed E-state index contributed by atoms with van der Waals surface area (Å²) in [6.07, 6.45) is 0.710. The Balaban J connectivity index is 1.92. The Morgan fingerprint density at radius 2 is 1.89 bits per heavy atom. The van der Waals surface area contributed by atoms with Gasteiger partial charge in [0.15, 0.2) is 0 Å². The molecule has 2 fully saturated rings. The van der Waals surface area contributed by atoms with Gasteiger partial charge >= 0.3 is 0 Å². The fourth-order valence-electron chi connectivity index (χ4n) is 5.25. The topological polar surface area (TPSA) is 83.1 Å². The molecule has 0 saturated carbocycles. The van der Waals surface area contributed by atoms with E-state index in [-0.39, 0.29) is 35.7 Å². The van der Waals surface area contributed by atoms with Gasteiger partial charge in [-0.2, -0.15) is 0 Å². The first-order valence-electron chi connectivity index (χ1n) is 9.89. The molecule has 0 aromatic heterocycles. The third-order valence-electron chi connectivity index (χ3n) is 6.79. The van der Waals surface area contributed by atoms with Crippen LogP contribution < -0.4 is 10.6 Å². The van der Waals surface area contributed by atoms with Gasteiger partial charge in [-0.15, -0.1) is 0 Å². The number of imide groups is 1. The number of anilines is 1. The number of nitrogens with zero attached hydrogens (tertiary/aromatic N) is 1. The molecule has 1 aromatic rings. The summed E-state index contributed by atoms with van der Waals surface area (Å²) < 4.78 is 0. The van der Waals surface area contributed by atoms with E-state index in [2.05, 4.69) is 19.2 Å². The molecule has 0 aliphatic carbocycles. The van der Waals surface area contributed by atoms with E-state index in [4.69, 9.17) is 0 Å². The summed E-state index contributed by atoms with van der Waals surface area (Å²) in [4.78, 5) is 41.4. The SMILES string of the molecule is CC[C@@H](C)N1C(=O)[C@H]2[C@@H](C1=O)[C@]1([NH2+][C@H]2C(C)C)C(=O)Nc2ccc(C)cc21. The standard InChI is InChI=1S/C21H27N3O3/c1-6-12(5)24-18(25)15-16(19(24)26)21(23-17(15)10(2)3)13-9-11(4)7-8-14(13)22-20(21)27/h7-10,12,15-17,23H,6H2,1-5H3,(H,22,27)/p+1/t12-,15+,16+,17+,21+/m1/s1.